The summed E-state index contributed by atoms with van der Waals surface area (Å²) >= 11 is 0. The number of rotatable bonds is 6. The van der Waals surface area contributed by atoms with Gasteiger partial charge in [-0.3, -0.25) is 0 Å². The van der Waals surface area contributed by atoms with Crippen LogP contribution in [-0.2, 0) is 6.54 Å². The second kappa shape index (κ2) is 6.79. The summed E-state index contributed by atoms with van der Waals surface area (Å²) in [6.45, 7) is 7.25. The van der Waals surface area contributed by atoms with Crippen molar-refractivity contribution < 1.29 is 4.74 Å². The molecule has 1 aliphatic rings. The lowest BCUT2D eigenvalue weighted by Crippen LogP contribution is -2.20. The number of ether oxygens (including phenoxy) is 1. The molecule has 0 aromatic heterocycles. The van der Waals surface area contributed by atoms with Crippen LogP contribution in [0.25, 0.3) is 0 Å². The van der Waals surface area contributed by atoms with Crippen LogP contribution < -0.4 is 10.1 Å². The maximum atomic E-state index is 5.44. The van der Waals surface area contributed by atoms with E-state index in [4.69, 9.17) is 4.74 Å². The van der Waals surface area contributed by atoms with Crippen LogP contribution in [-0.4, -0.2) is 13.2 Å². The van der Waals surface area contributed by atoms with Crippen molar-refractivity contribution >= 4 is 0 Å². The third-order valence-corrected chi connectivity index (χ3v) is 3.80. The third kappa shape index (κ3) is 4.02. The van der Waals surface area contributed by atoms with Crippen molar-refractivity contribution in [3.05, 3.63) is 29.8 Å². The zero-order valence-electron chi connectivity index (χ0n) is 11.6. The van der Waals surface area contributed by atoms with E-state index in [1.54, 1.807) is 0 Å². The second-order valence-electron chi connectivity index (χ2n) is 5.49. The molecular weight excluding hydrogens is 222 g/mol. The number of hydrogen-bond donors (Lipinski definition) is 1. The summed E-state index contributed by atoms with van der Waals surface area (Å²) in [5, 5.41) is 3.57. The molecule has 1 fully saturated rings. The summed E-state index contributed by atoms with van der Waals surface area (Å²) in [5.74, 6) is 2.79. The molecule has 100 valence electrons. The minimum atomic E-state index is 0.734. The van der Waals surface area contributed by atoms with Gasteiger partial charge in [-0.05, 0) is 55.8 Å². The Hall–Kier alpha value is -1.02. The predicted molar refractivity (Wildman–Crippen MR) is 75.8 cm³/mol. The molecule has 18 heavy (non-hydrogen) atoms. The molecule has 2 rings (SSSR count). The maximum Gasteiger partial charge on any atom is 0.119 e. The van der Waals surface area contributed by atoms with E-state index < -0.39 is 0 Å². The van der Waals surface area contributed by atoms with Crippen molar-refractivity contribution in [1.82, 2.24) is 5.32 Å². The Bertz CT molecular complexity index is 347. The van der Waals surface area contributed by atoms with Crippen LogP contribution in [0.1, 0.15) is 38.7 Å². The van der Waals surface area contributed by atoms with Gasteiger partial charge in [-0.25, -0.2) is 0 Å². The molecule has 0 saturated heterocycles. The van der Waals surface area contributed by atoms with Crippen LogP contribution in [0, 0.1) is 11.8 Å². The summed E-state index contributed by atoms with van der Waals surface area (Å²) in [5.41, 5.74) is 1.34. The van der Waals surface area contributed by atoms with Gasteiger partial charge in [0.2, 0.25) is 0 Å². The van der Waals surface area contributed by atoms with Gasteiger partial charge in [0.15, 0.2) is 0 Å². The number of hydrogen-bond acceptors (Lipinski definition) is 2. The van der Waals surface area contributed by atoms with Crippen LogP contribution in [0.3, 0.4) is 0 Å². The molecule has 0 radical (unpaired) electrons. The Morgan fingerprint density at radius 2 is 2.00 bits per heavy atom. The summed E-state index contributed by atoms with van der Waals surface area (Å²) in [6.07, 6.45) is 4.21. The third-order valence-electron chi connectivity index (χ3n) is 3.80. The van der Waals surface area contributed by atoms with Crippen LogP contribution in [0.5, 0.6) is 5.75 Å². The van der Waals surface area contributed by atoms with Crippen molar-refractivity contribution in [2.75, 3.05) is 13.2 Å². The van der Waals surface area contributed by atoms with E-state index in [0.29, 0.717) is 0 Å². The normalized spacial score (nSPS) is 23.2. The molecule has 1 N–H and O–H groups in total. The average Bonchev–Trinajstić information content (AvgIpc) is 2.78. The lowest BCUT2D eigenvalue weighted by Gasteiger charge is -2.11. The Morgan fingerprint density at radius 3 is 2.61 bits per heavy atom. The molecule has 1 saturated carbocycles. The number of nitrogens with one attached hydrogen (secondary N) is 1. The molecule has 0 heterocycles. The fourth-order valence-corrected chi connectivity index (χ4v) is 2.80. The van der Waals surface area contributed by atoms with Crippen molar-refractivity contribution in [2.24, 2.45) is 11.8 Å². The molecule has 1 aromatic carbocycles. The monoisotopic (exact) mass is 247 g/mol. The van der Waals surface area contributed by atoms with E-state index in [2.05, 4.69) is 36.5 Å². The Labute approximate surface area is 111 Å². The van der Waals surface area contributed by atoms with Gasteiger partial charge >= 0.3 is 0 Å². The number of benzene rings is 1. The molecule has 1 aliphatic carbocycles. The van der Waals surface area contributed by atoms with Crippen molar-refractivity contribution in [1.29, 1.82) is 0 Å². The summed E-state index contributed by atoms with van der Waals surface area (Å²) in [7, 11) is 0. The van der Waals surface area contributed by atoms with Gasteiger partial charge in [-0.2, -0.15) is 0 Å². The molecule has 2 heteroatoms. The van der Waals surface area contributed by atoms with E-state index >= 15 is 0 Å². The Balaban J connectivity index is 1.69. The van der Waals surface area contributed by atoms with Crippen molar-refractivity contribution in [2.45, 2.75) is 39.7 Å². The summed E-state index contributed by atoms with van der Waals surface area (Å²) < 4.78 is 5.44. The Morgan fingerprint density at radius 1 is 1.22 bits per heavy atom. The molecule has 2 nitrogen and oxygen atoms in total. The highest BCUT2D eigenvalue weighted by Gasteiger charge is 2.20. The lowest BCUT2D eigenvalue weighted by molar-refractivity contribution is 0.340. The van der Waals surface area contributed by atoms with E-state index in [9.17, 15) is 0 Å². The fourth-order valence-electron chi connectivity index (χ4n) is 2.80. The average molecular weight is 247 g/mol. The molecule has 0 bridgehead atoms. The van der Waals surface area contributed by atoms with Gasteiger partial charge in [0.1, 0.15) is 5.75 Å². The fraction of sp³-hybridized carbons (Fsp3) is 0.625. The van der Waals surface area contributed by atoms with Crippen LogP contribution >= 0.6 is 0 Å². The first kappa shape index (κ1) is 13.4. The first-order valence-corrected chi connectivity index (χ1v) is 7.20. The molecule has 0 amide bonds. The first-order valence-electron chi connectivity index (χ1n) is 7.20. The van der Waals surface area contributed by atoms with Crippen LogP contribution in [0.15, 0.2) is 24.3 Å². The van der Waals surface area contributed by atoms with E-state index in [1.807, 2.05) is 6.92 Å². The van der Waals surface area contributed by atoms with E-state index in [1.165, 1.54) is 24.8 Å². The second-order valence-corrected chi connectivity index (χ2v) is 5.49. The van der Waals surface area contributed by atoms with Gasteiger partial charge in [-0.1, -0.05) is 25.5 Å². The quantitative estimate of drug-likeness (QED) is 0.829. The van der Waals surface area contributed by atoms with Crippen LogP contribution in [0.4, 0.5) is 0 Å². The SMILES string of the molecule is CCOc1ccc(CNCC2CCC(C)C2)cc1. The van der Waals surface area contributed by atoms with Crippen molar-refractivity contribution in [3.8, 4) is 5.75 Å². The molecule has 2 atom stereocenters. The highest BCUT2D eigenvalue weighted by Crippen LogP contribution is 2.29. The van der Waals surface area contributed by atoms with Crippen molar-refractivity contribution in [3.63, 3.8) is 0 Å². The lowest BCUT2D eigenvalue weighted by atomic mass is 10.1. The summed E-state index contributed by atoms with van der Waals surface area (Å²) in [6, 6.07) is 8.40. The zero-order valence-corrected chi connectivity index (χ0v) is 11.6. The van der Waals surface area contributed by atoms with Gasteiger partial charge in [-0.15, -0.1) is 0 Å². The molecule has 0 aliphatic heterocycles. The molecule has 0 spiro atoms. The standard InChI is InChI=1S/C16H25NO/c1-3-18-16-8-6-14(7-9-16)11-17-12-15-5-4-13(2)10-15/h6-9,13,15,17H,3-5,10-12H2,1-2H3. The highest BCUT2D eigenvalue weighted by molar-refractivity contribution is 5.27. The Kier molecular flexibility index (Phi) is 5.06. The predicted octanol–water partition coefficient (Wildman–Crippen LogP) is 3.61. The van der Waals surface area contributed by atoms with Gasteiger partial charge < -0.3 is 10.1 Å². The van der Waals surface area contributed by atoms with Gasteiger partial charge in [0.05, 0.1) is 6.61 Å². The van der Waals surface area contributed by atoms with Gasteiger partial charge in [0, 0.05) is 6.54 Å². The highest BCUT2D eigenvalue weighted by atomic mass is 16.5. The van der Waals surface area contributed by atoms with E-state index in [0.717, 1.165) is 37.3 Å². The van der Waals surface area contributed by atoms with E-state index in [-0.39, 0.29) is 0 Å². The summed E-state index contributed by atoms with van der Waals surface area (Å²) in [4.78, 5) is 0. The van der Waals surface area contributed by atoms with Gasteiger partial charge in [0.25, 0.3) is 0 Å². The van der Waals surface area contributed by atoms with Crippen LogP contribution in [0.2, 0.25) is 0 Å². The molecule has 2 unspecified atom stereocenters. The topological polar surface area (TPSA) is 21.3 Å². The molecule has 1 aromatic rings. The zero-order chi connectivity index (χ0) is 12.8. The smallest absolute Gasteiger partial charge is 0.119 e. The largest absolute Gasteiger partial charge is 0.494 e. The minimum absolute atomic E-state index is 0.734. The molecular formula is C16H25NO. The maximum absolute atomic E-state index is 5.44. The first-order chi connectivity index (χ1) is 8.78. The minimum Gasteiger partial charge on any atom is -0.494 e.